The molecule has 1 heterocycles. The number of para-hydroxylation sites is 1. The first-order valence-corrected chi connectivity index (χ1v) is 6.50. The summed E-state index contributed by atoms with van der Waals surface area (Å²) >= 11 is 0. The number of benzene rings is 1. The fraction of sp³-hybridized carbons (Fsp3) is 0.312. The van der Waals surface area contributed by atoms with Gasteiger partial charge >= 0.3 is 0 Å². The lowest BCUT2D eigenvalue weighted by molar-refractivity contribution is 0.794. The molecule has 0 saturated heterocycles. The van der Waals surface area contributed by atoms with E-state index in [-0.39, 0.29) is 0 Å². The van der Waals surface area contributed by atoms with Crippen molar-refractivity contribution in [3.63, 3.8) is 0 Å². The van der Waals surface area contributed by atoms with Crippen LogP contribution in [0.1, 0.15) is 12.6 Å². The standard InChI is InChI=1S/C16H21N3/c1-12(2)11-19(4)16-9-13(10-17-3)18-15-8-6-5-7-14(15)16/h5-9,17H,1,10-11H2,2-4H3. The van der Waals surface area contributed by atoms with Gasteiger partial charge in [-0.05, 0) is 26.1 Å². The van der Waals surface area contributed by atoms with E-state index in [0.29, 0.717) is 0 Å². The summed E-state index contributed by atoms with van der Waals surface area (Å²) in [5.41, 5.74) is 4.46. The largest absolute Gasteiger partial charge is 0.370 e. The lowest BCUT2D eigenvalue weighted by atomic mass is 10.1. The Labute approximate surface area is 115 Å². The Kier molecular flexibility index (Phi) is 4.17. The van der Waals surface area contributed by atoms with E-state index in [2.05, 4.69) is 53.1 Å². The van der Waals surface area contributed by atoms with Crippen LogP contribution in [-0.4, -0.2) is 25.6 Å². The summed E-state index contributed by atoms with van der Waals surface area (Å²) in [5.74, 6) is 0. The van der Waals surface area contributed by atoms with E-state index >= 15 is 0 Å². The molecule has 3 heteroatoms. The van der Waals surface area contributed by atoms with E-state index in [1.807, 2.05) is 20.0 Å². The van der Waals surface area contributed by atoms with Crippen LogP contribution < -0.4 is 10.2 Å². The highest BCUT2D eigenvalue weighted by Crippen LogP contribution is 2.26. The Hall–Kier alpha value is -1.87. The van der Waals surface area contributed by atoms with E-state index in [0.717, 1.165) is 29.9 Å². The second-order valence-corrected chi connectivity index (χ2v) is 4.99. The molecule has 2 rings (SSSR count). The topological polar surface area (TPSA) is 28.2 Å². The van der Waals surface area contributed by atoms with Crippen molar-refractivity contribution in [3.05, 3.63) is 48.2 Å². The predicted molar refractivity (Wildman–Crippen MR) is 82.6 cm³/mol. The zero-order valence-corrected chi connectivity index (χ0v) is 11.9. The number of fused-ring (bicyclic) bond motifs is 1. The molecular formula is C16H21N3. The van der Waals surface area contributed by atoms with Gasteiger partial charge < -0.3 is 10.2 Å². The molecule has 0 radical (unpaired) electrons. The Morgan fingerprint density at radius 3 is 2.79 bits per heavy atom. The number of nitrogens with one attached hydrogen (secondary N) is 1. The zero-order valence-electron chi connectivity index (χ0n) is 11.9. The van der Waals surface area contributed by atoms with E-state index < -0.39 is 0 Å². The van der Waals surface area contributed by atoms with Crippen molar-refractivity contribution in [2.75, 3.05) is 25.5 Å². The minimum atomic E-state index is 0.777. The van der Waals surface area contributed by atoms with Crippen molar-refractivity contribution in [3.8, 4) is 0 Å². The minimum absolute atomic E-state index is 0.777. The summed E-state index contributed by atoms with van der Waals surface area (Å²) in [7, 11) is 4.04. The van der Waals surface area contributed by atoms with Gasteiger partial charge in [-0.3, -0.25) is 4.98 Å². The number of pyridine rings is 1. The van der Waals surface area contributed by atoms with Crippen molar-refractivity contribution < 1.29 is 0 Å². The number of nitrogens with zero attached hydrogens (tertiary/aromatic N) is 2. The van der Waals surface area contributed by atoms with Gasteiger partial charge in [0.15, 0.2) is 0 Å². The third-order valence-electron chi connectivity index (χ3n) is 3.02. The van der Waals surface area contributed by atoms with Crippen LogP contribution in [0.15, 0.2) is 42.5 Å². The summed E-state index contributed by atoms with van der Waals surface area (Å²) in [6.45, 7) is 7.67. The molecule has 100 valence electrons. The zero-order chi connectivity index (χ0) is 13.8. The molecule has 3 nitrogen and oxygen atoms in total. The summed E-state index contributed by atoms with van der Waals surface area (Å²) in [5, 5.41) is 4.34. The molecule has 1 aromatic heterocycles. The monoisotopic (exact) mass is 255 g/mol. The van der Waals surface area contributed by atoms with Crippen molar-refractivity contribution >= 4 is 16.6 Å². The van der Waals surface area contributed by atoms with E-state index in [9.17, 15) is 0 Å². The molecule has 0 unspecified atom stereocenters. The lowest BCUT2D eigenvalue weighted by Crippen LogP contribution is -2.20. The van der Waals surface area contributed by atoms with Crippen molar-refractivity contribution in [1.82, 2.24) is 10.3 Å². The van der Waals surface area contributed by atoms with E-state index in [1.54, 1.807) is 0 Å². The number of rotatable bonds is 5. The van der Waals surface area contributed by atoms with Gasteiger partial charge in [0.05, 0.1) is 11.2 Å². The fourth-order valence-electron chi connectivity index (χ4n) is 2.29. The quantitative estimate of drug-likeness (QED) is 0.833. The molecule has 0 spiro atoms. The molecule has 0 aliphatic carbocycles. The van der Waals surface area contributed by atoms with Gasteiger partial charge in [0.1, 0.15) is 0 Å². The molecular weight excluding hydrogens is 234 g/mol. The molecule has 0 atom stereocenters. The van der Waals surface area contributed by atoms with Crippen LogP contribution in [0.4, 0.5) is 5.69 Å². The van der Waals surface area contributed by atoms with Crippen LogP contribution in [-0.2, 0) is 6.54 Å². The van der Waals surface area contributed by atoms with Crippen LogP contribution in [0, 0.1) is 0 Å². The highest BCUT2D eigenvalue weighted by atomic mass is 15.1. The van der Waals surface area contributed by atoms with Crippen molar-refractivity contribution in [1.29, 1.82) is 0 Å². The number of hydrogen-bond acceptors (Lipinski definition) is 3. The maximum atomic E-state index is 4.68. The van der Waals surface area contributed by atoms with Crippen LogP contribution in [0.2, 0.25) is 0 Å². The Morgan fingerprint density at radius 1 is 1.37 bits per heavy atom. The van der Waals surface area contributed by atoms with E-state index in [4.69, 9.17) is 0 Å². The number of likely N-dealkylation sites (N-methyl/N-ethyl adjacent to an activating group) is 1. The van der Waals surface area contributed by atoms with Gasteiger partial charge in [-0.2, -0.15) is 0 Å². The average molecular weight is 255 g/mol. The first-order chi connectivity index (χ1) is 9.11. The Bertz CT molecular complexity index is 590. The molecule has 19 heavy (non-hydrogen) atoms. The van der Waals surface area contributed by atoms with Gasteiger partial charge in [-0.15, -0.1) is 0 Å². The van der Waals surface area contributed by atoms with Crippen molar-refractivity contribution in [2.24, 2.45) is 0 Å². The van der Waals surface area contributed by atoms with Crippen molar-refractivity contribution in [2.45, 2.75) is 13.5 Å². The van der Waals surface area contributed by atoms with Crippen LogP contribution in [0.3, 0.4) is 0 Å². The highest BCUT2D eigenvalue weighted by molar-refractivity contribution is 5.91. The summed E-state index contributed by atoms with van der Waals surface area (Å²) < 4.78 is 0. The predicted octanol–water partition coefficient (Wildman–Crippen LogP) is 2.97. The highest BCUT2D eigenvalue weighted by Gasteiger charge is 2.09. The summed E-state index contributed by atoms with van der Waals surface area (Å²) in [6.07, 6.45) is 0. The number of anilines is 1. The average Bonchev–Trinajstić information content (AvgIpc) is 2.37. The van der Waals surface area contributed by atoms with E-state index in [1.165, 1.54) is 11.1 Å². The third kappa shape index (κ3) is 3.12. The summed E-state index contributed by atoms with van der Waals surface area (Å²) in [6, 6.07) is 10.4. The van der Waals surface area contributed by atoms with Crippen LogP contribution >= 0.6 is 0 Å². The maximum absolute atomic E-state index is 4.68. The van der Waals surface area contributed by atoms with Gasteiger partial charge in [-0.25, -0.2) is 0 Å². The second-order valence-electron chi connectivity index (χ2n) is 4.99. The molecule has 0 aliphatic rings. The molecule has 0 saturated carbocycles. The van der Waals surface area contributed by atoms with Gasteiger partial charge in [0.25, 0.3) is 0 Å². The fourth-order valence-corrected chi connectivity index (χ4v) is 2.29. The maximum Gasteiger partial charge on any atom is 0.0726 e. The number of aromatic nitrogens is 1. The molecule has 1 N–H and O–H groups in total. The third-order valence-corrected chi connectivity index (χ3v) is 3.02. The van der Waals surface area contributed by atoms with Crippen LogP contribution in [0.5, 0.6) is 0 Å². The normalized spacial score (nSPS) is 10.7. The smallest absolute Gasteiger partial charge is 0.0726 e. The molecule has 0 bridgehead atoms. The molecule has 2 aromatic rings. The SMILES string of the molecule is C=C(C)CN(C)c1cc(CNC)nc2ccccc12. The Morgan fingerprint density at radius 2 is 2.11 bits per heavy atom. The Balaban J connectivity index is 2.52. The molecule has 1 aromatic carbocycles. The molecule has 0 amide bonds. The lowest BCUT2D eigenvalue weighted by Gasteiger charge is -2.22. The minimum Gasteiger partial charge on any atom is -0.370 e. The first-order valence-electron chi connectivity index (χ1n) is 6.50. The summed E-state index contributed by atoms with van der Waals surface area (Å²) in [4.78, 5) is 6.90. The molecule has 0 aliphatic heterocycles. The first kappa shape index (κ1) is 13.6. The van der Waals surface area contributed by atoms with Gasteiger partial charge in [0, 0.05) is 31.2 Å². The second kappa shape index (κ2) is 5.85. The number of hydrogen-bond donors (Lipinski definition) is 1. The van der Waals surface area contributed by atoms with Crippen LogP contribution in [0.25, 0.3) is 10.9 Å². The van der Waals surface area contributed by atoms with Gasteiger partial charge in [-0.1, -0.05) is 30.4 Å². The molecule has 0 fully saturated rings. The van der Waals surface area contributed by atoms with Gasteiger partial charge in [0.2, 0.25) is 0 Å².